The number of aliphatic hydroxyl groups is 1. The molecule has 0 unspecified atom stereocenters. The fourth-order valence-corrected chi connectivity index (χ4v) is 2.48. The van der Waals surface area contributed by atoms with Gasteiger partial charge in [0, 0.05) is 18.9 Å². The summed E-state index contributed by atoms with van der Waals surface area (Å²) in [5, 5.41) is 14.1. The van der Waals surface area contributed by atoms with Crippen molar-refractivity contribution in [2.45, 2.75) is 38.0 Å². The summed E-state index contributed by atoms with van der Waals surface area (Å²) in [6.07, 6.45) is 5.83. The minimum absolute atomic E-state index is 0.231. The van der Waals surface area contributed by atoms with E-state index in [1.807, 2.05) is 17.2 Å². The molecule has 1 aromatic heterocycles. The Morgan fingerprint density at radius 3 is 3.00 bits per heavy atom. The number of nitrogens with zero attached hydrogens (tertiary/aromatic N) is 3. The molecule has 2 atom stereocenters. The van der Waals surface area contributed by atoms with E-state index in [0.29, 0.717) is 13.1 Å². The lowest BCUT2D eigenvalue weighted by atomic mass is 10.0. The van der Waals surface area contributed by atoms with Gasteiger partial charge >= 0.3 is 0 Å². The number of likely N-dealkylation sites (tertiary alicyclic amines) is 1. The van der Waals surface area contributed by atoms with E-state index in [9.17, 15) is 9.90 Å². The fraction of sp³-hybridized carbons (Fsp3) is 0.667. The Balaban J connectivity index is 1.88. The lowest BCUT2D eigenvalue weighted by molar-refractivity contribution is -0.125. The van der Waals surface area contributed by atoms with Crippen LogP contribution in [0.5, 0.6) is 0 Å². The highest BCUT2D eigenvalue weighted by molar-refractivity contribution is 5.79. The van der Waals surface area contributed by atoms with Crippen molar-refractivity contribution in [2.24, 2.45) is 5.73 Å². The summed E-state index contributed by atoms with van der Waals surface area (Å²) in [6.45, 7) is 1.73. The molecule has 0 aromatic carbocycles. The summed E-state index contributed by atoms with van der Waals surface area (Å²) in [7, 11) is 0. The number of β-amino-alcohol motifs (C(OH)–C–C–N with tert-alkyl or cyclic N) is 1. The first-order valence-corrected chi connectivity index (χ1v) is 6.35. The Morgan fingerprint density at radius 1 is 1.50 bits per heavy atom. The molecule has 1 aliphatic heterocycles. The predicted molar refractivity (Wildman–Crippen MR) is 66.6 cm³/mol. The number of amides is 1. The maximum Gasteiger partial charge on any atom is 0.234 e. The van der Waals surface area contributed by atoms with Gasteiger partial charge in [0.05, 0.1) is 18.7 Å². The number of carbonyl (C=O) groups is 1. The number of hydrogen-bond acceptors (Lipinski definition) is 4. The van der Waals surface area contributed by atoms with Crippen LogP contribution in [0.25, 0.3) is 0 Å². The van der Waals surface area contributed by atoms with Gasteiger partial charge < -0.3 is 10.8 Å². The maximum atomic E-state index is 11.3. The molecule has 100 valence electrons. The molecule has 0 spiro atoms. The summed E-state index contributed by atoms with van der Waals surface area (Å²) in [5.74, 6) is -0.291. The zero-order valence-electron chi connectivity index (χ0n) is 10.4. The number of nitrogens with two attached hydrogens (primary N) is 1. The zero-order valence-corrected chi connectivity index (χ0v) is 10.4. The summed E-state index contributed by atoms with van der Waals surface area (Å²) in [4.78, 5) is 13.3. The van der Waals surface area contributed by atoms with Crippen molar-refractivity contribution < 1.29 is 9.90 Å². The second-order valence-electron chi connectivity index (χ2n) is 4.79. The van der Waals surface area contributed by atoms with Gasteiger partial charge in [0.25, 0.3) is 0 Å². The third-order valence-corrected chi connectivity index (χ3v) is 3.34. The van der Waals surface area contributed by atoms with Crippen LogP contribution in [0.2, 0.25) is 0 Å². The molecule has 18 heavy (non-hydrogen) atoms. The minimum atomic E-state index is -0.537. The Labute approximate surface area is 106 Å². The van der Waals surface area contributed by atoms with Crippen LogP contribution in [-0.4, -0.2) is 50.9 Å². The highest BCUT2D eigenvalue weighted by Gasteiger charge is 2.28. The third kappa shape index (κ3) is 3.30. The second-order valence-corrected chi connectivity index (χ2v) is 4.79. The van der Waals surface area contributed by atoms with Gasteiger partial charge in [-0.25, -0.2) is 0 Å². The molecule has 6 nitrogen and oxygen atoms in total. The molecule has 0 aliphatic carbocycles. The number of aliphatic hydroxyl groups excluding tert-OH is 1. The molecule has 2 rings (SSSR count). The van der Waals surface area contributed by atoms with Gasteiger partial charge in [-0.3, -0.25) is 14.4 Å². The summed E-state index contributed by atoms with van der Waals surface area (Å²) >= 11 is 0. The van der Waals surface area contributed by atoms with Gasteiger partial charge in [-0.05, 0) is 25.5 Å². The van der Waals surface area contributed by atoms with Crippen LogP contribution in [0.3, 0.4) is 0 Å². The van der Waals surface area contributed by atoms with Crippen LogP contribution in [0.1, 0.15) is 19.3 Å². The fourth-order valence-electron chi connectivity index (χ4n) is 2.48. The Morgan fingerprint density at radius 2 is 2.33 bits per heavy atom. The van der Waals surface area contributed by atoms with E-state index in [4.69, 9.17) is 5.73 Å². The van der Waals surface area contributed by atoms with Crippen LogP contribution >= 0.6 is 0 Å². The van der Waals surface area contributed by atoms with E-state index in [0.717, 1.165) is 25.8 Å². The lowest BCUT2D eigenvalue weighted by Gasteiger charge is -2.34. The average molecular weight is 252 g/mol. The molecule has 0 bridgehead atoms. The van der Waals surface area contributed by atoms with Crippen molar-refractivity contribution in [3.05, 3.63) is 18.5 Å². The average Bonchev–Trinajstić information content (AvgIpc) is 2.82. The molecule has 1 aromatic rings. The SMILES string of the molecule is NC(=O)[C@H]1CCCCN1C[C@H](O)Cn1cccn1. The van der Waals surface area contributed by atoms with Crippen LogP contribution in [0, 0.1) is 0 Å². The molecular formula is C12H20N4O2. The van der Waals surface area contributed by atoms with Crippen LogP contribution in [-0.2, 0) is 11.3 Å². The number of piperidine rings is 1. The molecule has 2 heterocycles. The Kier molecular flexibility index (Phi) is 4.33. The minimum Gasteiger partial charge on any atom is -0.390 e. The summed E-state index contributed by atoms with van der Waals surface area (Å²) < 4.78 is 1.69. The van der Waals surface area contributed by atoms with E-state index in [-0.39, 0.29) is 11.9 Å². The van der Waals surface area contributed by atoms with Gasteiger partial charge in [0.2, 0.25) is 5.91 Å². The number of carbonyl (C=O) groups excluding carboxylic acids is 1. The smallest absolute Gasteiger partial charge is 0.234 e. The number of rotatable bonds is 5. The van der Waals surface area contributed by atoms with Crippen molar-refractivity contribution in [1.29, 1.82) is 0 Å². The standard InChI is InChI=1S/C12H20N4O2/c13-12(18)11-4-1-2-6-15(11)8-10(17)9-16-7-3-5-14-16/h3,5,7,10-11,17H,1-2,4,6,8-9H2,(H2,13,18)/t10-,11+/m0/s1. The lowest BCUT2D eigenvalue weighted by Crippen LogP contribution is -2.50. The van der Waals surface area contributed by atoms with Crippen LogP contribution in [0.4, 0.5) is 0 Å². The molecule has 0 radical (unpaired) electrons. The van der Waals surface area contributed by atoms with Crippen molar-refractivity contribution in [3.8, 4) is 0 Å². The van der Waals surface area contributed by atoms with Gasteiger partial charge in [-0.15, -0.1) is 0 Å². The molecular weight excluding hydrogens is 232 g/mol. The Hall–Kier alpha value is -1.40. The van der Waals surface area contributed by atoms with Crippen LogP contribution in [0.15, 0.2) is 18.5 Å². The zero-order chi connectivity index (χ0) is 13.0. The first-order valence-electron chi connectivity index (χ1n) is 6.35. The second kappa shape index (κ2) is 5.97. The van der Waals surface area contributed by atoms with Crippen molar-refractivity contribution in [2.75, 3.05) is 13.1 Å². The van der Waals surface area contributed by atoms with Gasteiger partial charge in [0.15, 0.2) is 0 Å². The van der Waals surface area contributed by atoms with Crippen molar-refractivity contribution in [1.82, 2.24) is 14.7 Å². The van der Waals surface area contributed by atoms with E-state index < -0.39 is 6.10 Å². The third-order valence-electron chi connectivity index (χ3n) is 3.34. The predicted octanol–water partition coefficient (Wildman–Crippen LogP) is -0.416. The quantitative estimate of drug-likeness (QED) is 0.745. The molecule has 1 amide bonds. The van der Waals surface area contributed by atoms with Crippen molar-refractivity contribution >= 4 is 5.91 Å². The number of aromatic nitrogens is 2. The van der Waals surface area contributed by atoms with E-state index >= 15 is 0 Å². The highest BCUT2D eigenvalue weighted by Crippen LogP contribution is 2.17. The monoisotopic (exact) mass is 252 g/mol. The van der Waals surface area contributed by atoms with Gasteiger partial charge in [-0.2, -0.15) is 5.10 Å². The molecule has 0 saturated carbocycles. The van der Waals surface area contributed by atoms with E-state index in [1.54, 1.807) is 10.9 Å². The number of primary amides is 1. The number of hydrogen-bond donors (Lipinski definition) is 2. The molecule has 1 aliphatic rings. The highest BCUT2D eigenvalue weighted by atomic mass is 16.3. The van der Waals surface area contributed by atoms with Crippen molar-refractivity contribution in [3.63, 3.8) is 0 Å². The Bertz CT molecular complexity index is 379. The maximum absolute atomic E-state index is 11.3. The first-order chi connectivity index (χ1) is 8.66. The first kappa shape index (κ1) is 13.0. The largest absolute Gasteiger partial charge is 0.390 e. The summed E-state index contributed by atoms with van der Waals surface area (Å²) in [5.41, 5.74) is 5.39. The topological polar surface area (TPSA) is 84.4 Å². The van der Waals surface area contributed by atoms with Gasteiger partial charge in [0.1, 0.15) is 0 Å². The normalized spacial score (nSPS) is 22.8. The molecule has 6 heteroatoms. The molecule has 3 N–H and O–H groups in total. The van der Waals surface area contributed by atoms with E-state index in [1.165, 1.54) is 0 Å². The van der Waals surface area contributed by atoms with Crippen LogP contribution < -0.4 is 5.73 Å². The molecule has 1 fully saturated rings. The van der Waals surface area contributed by atoms with E-state index in [2.05, 4.69) is 5.10 Å². The van der Waals surface area contributed by atoms with Gasteiger partial charge in [-0.1, -0.05) is 6.42 Å². The molecule has 1 saturated heterocycles. The summed E-state index contributed by atoms with van der Waals surface area (Å²) in [6, 6.07) is 1.59.